The number of hydrogen-bond acceptors (Lipinski definition) is 5. The van der Waals surface area contributed by atoms with Crippen molar-refractivity contribution in [3.63, 3.8) is 0 Å². The van der Waals surface area contributed by atoms with E-state index in [0.717, 1.165) is 44.8 Å². The van der Waals surface area contributed by atoms with Crippen LogP contribution in [0.5, 0.6) is 5.88 Å². The fourth-order valence-corrected chi connectivity index (χ4v) is 4.45. The lowest BCUT2D eigenvalue weighted by Gasteiger charge is -2.26. The van der Waals surface area contributed by atoms with Crippen molar-refractivity contribution >= 4 is 17.3 Å². The summed E-state index contributed by atoms with van der Waals surface area (Å²) in [7, 11) is 0. The first kappa shape index (κ1) is 18.9. The van der Waals surface area contributed by atoms with Crippen molar-refractivity contribution in [2.45, 2.75) is 59.2 Å². The molecule has 140 valence electrons. The number of nitrogens with zero attached hydrogens (tertiary/aromatic N) is 1. The van der Waals surface area contributed by atoms with E-state index in [9.17, 15) is 9.90 Å². The van der Waals surface area contributed by atoms with E-state index in [2.05, 4.69) is 11.1 Å². The molecule has 5 nitrogen and oxygen atoms in total. The van der Waals surface area contributed by atoms with Gasteiger partial charge in [0, 0.05) is 38.2 Å². The topological polar surface area (TPSA) is 68.7 Å². The minimum atomic E-state index is -1.01. The highest BCUT2D eigenvalue weighted by atomic mass is 32.1. The van der Waals surface area contributed by atoms with E-state index in [1.807, 2.05) is 34.6 Å². The van der Waals surface area contributed by atoms with E-state index in [1.54, 1.807) is 17.5 Å². The molecule has 2 aromatic rings. The molecular weight excluding hydrogens is 350 g/mol. The molecule has 26 heavy (non-hydrogen) atoms. The lowest BCUT2D eigenvalue weighted by molar-refractivity contribution is -0.160. The quantitative estimate of drug-likeness (QED) is 0.839. The summed E-state index contributed by atoms with van der Waals surface area (Å²) < 4.78 is 11.5. The van der Waals surface area contributed by atoms with Gasteiger partial charge in [0.25, 0.3) is 0 Å². The highest BCUT2D eigenvalue weighted by Gasteiger charge is 2.32. The van der Waals surface area contributed by atoms with Gasteiger partial charge in [-0.25, -0.2) is 9.78 Å². The lowest BCUT2D eigenvalue weighted by atomic mass is 9.95. The molecule has 0 amide bonds. The number of aryl methyl sites for hydroxylation is 3. The second-order valence-electron chi connectivity index (χ2n) is 7.59. The van der Waals surface area contributed by atoms with Gasteiger partial charge in [0.15, 0.2) is 6.10 Å². The van der Waals surface area contributed by atoms with Crippen LogP contribution in [0, 0.1) is 13.8 Å². The number of ether oxygens (including phenoxy) is 2. The van der Waals surface area contributed by atoms with Gasteiger partial charge in [0.05, 0.1) is 12.2 Å². The predicted molar refractivity (Wildman–Crippen MR) is 102 cm³/mol. The van der Waals surface area contributed by atoms with Crippen molar-refractivity contribution in [3.8, 4) is 17.0 Å². The third-order valence-corrected chi connectivity index (χ3v) is 5.34. The third kappa shape index (κ3) is 3.76. The first-order chi connectivity index (χ1) is 12.2. The fourth-order valence-electron chi connectivity index (χ4n) is 3.34. The first-order valence-corrected chi connectivity index (χ1v) is 9.61. The molecule has 0 spiro atoms. The van der Waals surface area contributed by atoms with E-state index in [1.165, 1.54) is 0 Å². The van der Waals surface area contributed by atoms with E-state index < -0.39 is 17.7 Å². The molecule has 0 aliphatic carbocycles. The first-order valence-electron chi connectivity index (χ1n) is 8.80. The second-order valence-corrected chi connectivity index (χ2v) is 9.02. The molecule has 0 saturated carbocycles. The summed E-state index contributed by atoms with van der Waals surface area (Å²) in [5.41, 5.74) is 3.09. The van der Waals surface area contributed by atoms with Crippen LogP contribution in [0.1, 0.15) is 54.2 Å². The molecule has 0 fully saturated rings. The molecule has 6 heteroatoms. The van der Waals surface area contributed by atoms with Crippen LogP contribution in [0.25, 0.3) is 11.1 Å². The van der Waals surface area contributed by atoms with Gasteiger partial charge in [-0.1, -0.05) is 0 Å². The summed E-state index contributed by atoms with van der Waals surface area (Å²) in [6, 6.07) is 2.08. The second kappa shape index (κ2) is 7.00. The molecule has 3 rings (SSSR count). The standard InChI is InChI=1S/C20H25NO4S/c1-11-15(14-9-13-7-6-8-24-18(13)21-10-14)16(12(2)26-11)17(19(22)23)25-20(3,4)5/h9-10,17H,6-8H2,1-5H3,(H,22,23). The number of hydrogen-bond donors (Lipinski definition) is 1. The zero-order valence-corrected chi connectivity index (χ0v) is 16.7. The number of pyridine rings is 1. The van der Waals surface area contributed by atoms with E-state index in [0.29, 0.717) is 12.5 Å². The van der Waals surface area contributed by atoms with E-state index >= 15 is 0 Å². The largest absolute Gasteiger partial charge is 0.479 e. The maximum atomic E-state index is 12.0. The van der Waals surface area contributed by atoms with Gasteiger partial charge in [0.2, 0.25) is 5.88 Å². The Bertz CT molecular complexity index is 835. The highest BCUT2D eigenvalue weighted by molar-refractivity contribution is 7.12. The Morgan fingerprint density at radius 1 is 1.35 bits per heavy atom. The predicted octanol–water partition coefficient (Wildman–Crippen LogP) is 4.69. The van der Waals surface area contributed by atoms with Crippen molar-refractivity contribution in [2.24, 2.45) is 0 Å². The van der Waals surface area contributed by atoms with Gasteiger partial charge < -0.3 is 14.6 Å². The van der Waals surface area contributed by atoms with Crippen molar-refractivity contribution in [2.75, 3.05) is 6.61 Å². The summed E-state index contributed by atoms with van der Waals surface area (Å²) in [5.74, 6) is -0.289. The van der Waals surface area contributed by atoms with Gasteiger partial charge in [-0.3, -0.25) is 0 Å². The Morgan fingerprint density at radius 3 is 2.73 bits per heavy atom. The molecule has 1 aliphatic heterocycles. The summed E-state index contributed by atoms with van der Waals surface area (Å²) in [5, 5.41) is 9.83. The number of fused-ring (bicyclic) bond motifs is 1. The summed E-state index contributed by atoms with van der Waals surface area (Å²) in [6.45, 7) is 10.3. The Hall–Kier alpha value is -1.92. The van der Waals surface area contributed by atoms with Crippen molar-refractivity contribution in [1.29, 1.82) is 0 Å². The number of thiophene rings is 1. The number of rotatable bonds is 4. The Balaban J connectivity index is 2.12. The van der Waals surface area contributed by atoms with Crippen LogP contribution >= 0.6 is 11.3 Å². The van der Waals surface area contributed by atoms with Crippen LogP contribution in [0.3, 0.4) is 0 Å². The van der Waals surface area contributed by atoms with Crippen molar-refractivity contribution in [3.05, 3.63) is 33.1 Å². The normalized spacial score (nSPS) is 15.3. The van der Waals surface area contributed by atoms with Gasteiger partial charge >= 0.3 is 5.97 Å². The zero-order valence-electron chi connectivity index (χ0n) is 15.9. The summed E-state index contributed by atoms with van der Waals surface area (Å²) in [4.78, 5) is 18.5. The molecule has 1 unspecified atom stereocenters. The number of carbonyl (C=O) groups is 1. The molecule has 0 bridgehead atoms. The third-order valence-electron chi connectivity index (χ3n) is 4.31. The van der Waals surface area contributed by atoms with Gasteiger partial charge in [-0.2, -0.15) is 0 Å². The van der Waals surface area contributed by atoms with Crippen LogP contribution in [0.2, 0.25) is 0 Å². The van der Waals surface area contributed by atoms with E-state index in [4.69, 9.17) is 9.47 Å². The molecule has 1 aliphatic rings. The molecular formula is C20H25NO4S. The Kier molecular flexibility index (Phi) is 5.08. The summed E-state index contributed by atoms with van der Waals surface area (Å²) in [6.07, 6.45) is 2.66. The van der Waals surface area contributed by atoms with Crippen molar-refractivity contribution in [1.82, 2.24) is 4.98 Å². The number of aliphatic carboxylic acids is 1. The zero-order chi connectivity index (χ0) is 19.1. The van der Waals surface area contributed by atoms with Gasteiger partial charge in [-0.15, -0.1) is 11.3 Å². The van der Waals surface area contributed by atoms with Crippen LogP contribution in [-0.4, -0.2) is 28.3 Å². The smallest absolute Gasteiger partial charge is 0.337 e. The minimum absolute atomic E-state index is 0.565. The number of carboxylic acid groups (broad SMARTS) is 1. The average Bonchev–Trinajstić information content (AvgIpc) is 2.85. The maximum Gasteiger partial charge on any atom is 0.337 e. The monoisotopic (exact) mass is 375 g/mol. The lowest BCUT2D eigenvalue weighted by Crippen LogP contribution is -2.27. The van der Waals surface area contributed by atoms with Crippen molar-refractivity contribution < 1.29 is 19.4 Å². The molecule has 0 saturated heterocycles. The summed E-state index contributed by atoms with van der Waals surface area (Å²) >= 11 is 1.60. The maximum absolute atomic E-state index is 12.0. The SMILES string of the molecule is Cc1sc(C)c(C(OC(C)(C)C)C(=O)O)c1-c1cnc2c(c1)CCCO2. The minimum Gasteiger partial charge on any atom is -0.479 e. The average molecular weight is 375 g/mol. The van der Waals surface area contributed by atoms with Crippen LogP contribution in [0.15, 0.2) is 12.3 Å². The van der Waals surface area contributed by atoms with Crippen LogP contribution < -0.4 is 4.74 Å². The number of carboxylic acids is 1. The van der Waals surface area contributed by atoms with E-state index in [-0.39, 0.29) is 0 Å². The molecule has 0 aromatic carbocycles. The molecule has 3 heterocycles. The Labute approximate surface area is 158 Å². The van der Waals surface area contributed by atoms with Gasteiger partial charge in [0.1, 0.15) is 0 Å². The van der Waals surface area contributed by atoms with Crippen LogP contribution in [0.4, 0.5) is 0 Å². The Morgan fingerprint density at radius 2 is 2.08 bits per heavy atom. The molecule has 0 radical (unpaired) electrons. The van der Waals surface area contributed by atoms with Crippen LogP contribution in [-0.2, 0) is 16.0 Å². The molecule has 2 aromatic heterocycles. The molecule has 1 atom stereocenters. The fraction of sp³-hybridized carbons (Fsp3) is 0.500. The molecule has 1 N–H and O–H groups in total. The van der Waals surface area contributed by atoms with Gasteiger partial charge in [-0.05, 0) is 53.5 Å². The number of aromatic nitrogens is 1. The highest BCUT2D eigenvalue weighted by Crippen LogP contribution is 2.42.